The average molecular weight is 514 g/mol. The number of benzene rings is 2. The molecule has 1 fully saturated rings. The Hall–Kier alpha value is -3.55. The fourth-order valence-electron chi connectivity index (χ4n) is 5.91. The van der Waals surface area contributed by atoms with E-state index in [1.165, 1.54) is 12.1 Å². The van der Waals surface area contributed by atoms with Gasteiger partial charge >= 0.3 is 0 Å². The van der Waals surface area contributed by atoms with Crippen molar-refractivity contribution in [3.05, 3.63) is 83.1 Å². The van der Waals surface area contributed by atoms with Crippen molar-refractivity contribution in [3.63, 3.8) is 0 Å². The SMILES string of the molecule is Cc1noc(C)c1-c1ccc2c3ncc(C(C)(C)O)cc3n(C(c3ccc(F)cc3)C3CCOCC3)c2c1. The summed E-state index contributed by atoms with van der Waals surface area (Å²) in [5, 5.41) is 16.0. The Balaban J connectivity index is 1.69. The largest absolute Gasteiger partial charge is 0.386 e. The summed E-state index contributed by atoms with van der Waals surface area (Å²) in [6, 6.07) is 15.2. The van der Waals surface area contributed by atoms with E-state index in [1.54, 1.807) is 20.0 Å². The molecule has 4 heterocycles. The molecule has 0 bridgehead atoms. The minimum atomic E-state index is -1.05. The van der Waals surface area contributed by atoms with Crippen LogP contribution in [0.1, 0.15) is 55.3 Å². The van der Waals surface area contributed by atoms with Crippen molar-refractivity contribution >= 4 is 21.9 Å². The first-order valence-corrected chi connectivity index (χ1v) is 13.2. The molecule has 0 amide bonds. The molecular formula is C31H32FN3O3. The van der Waals surface area contributed by atoms with Crippen LogP contribution in [0.4, 0.5) is 4.39 Å². The third kappa shape index (κ3) is 4.20. The summed E-state index contributed by atoms with van der Waals surface area (Å²) in [5.41, 5.74) is 6.41. The van der Waals surface area contributed by atoms with Crippen LogP contribution in [0.2, 0.25) is 0 Å². The number of nitrogens with zero attached hydrogens (tertiary/aromatic N) is 3. The number of ether oxygens (including phenoxy) is 1. The van der Waals surface area contributed by atoms with Gasteiger partial charge in [0.25, 0.3) is 0 Å². The van der Waals surface area contributed by atoms with Crippen molar-refractivity contribution in [2.24, 2.45) is 5.92 Å². The Labute approximate surface area is 221 Å². The number of aliphatic hydroxyl groups is 1. The summed E-state index contributed by atoms with van der Waals surface area (Å²) in [5.74, 6) is 0.793. The molecule has 6 nitrogen and oxygen atoms in total. The second-order valence-corrected chi connectivity index (χ2v) is 10.9. The Morgan fingerprint density at radius 3 is 2.42 bits per heavy atom. The number of hydrogen-bond acceptors (Lipinski definition) is 5. The van der Waals surface area contributed by atoms with Gasteiger partial charge in [-0.25, -0.2) is 4.39 Å². The van der Waals surface area contributed by atoms with Gasteiger partial charge in [0, 0.05) is 35.9 Å². The predicted octanol–water partition coefficient (Wildman–Crippen LogP) is 6.84. The lowest BCUT2D eigenvalue weighted by Gasteiger charge is -2.33. The van der Waals surface area contributed by atoms with Crippen LogP contribution in [0.15, 0.2) is 59.3 Å². The van der Waals surface area contributed by atoms with Crippen LogP contribution >= 0.6 is 0 Å². The summed E-state index contributed by atoms with van der Waals surface area (Å²) in [7, 11) is 0. The zero-order valence-electron chi connectivity index (χ0n) is 22.2. The van der Waals surface area contributed by atoms with Gasteiger partial charge in [-0.2, -0.15) is 0 Å². The van der Waals surface area contributed by atoms with E-state index in [0.717, 1.165) is 68.5 Å². The van der Waals surface area contributed by atoms with Gasteiger partial charge in [0.05, 0.1) is 33.9 Å². The molecule has 38 heavy (non-hydrogen) atoms. The van der Waals surface area contributed by atoms with Crippen LogP contribution in [-0.4, -0.2) is 33.0 Å². The molecule has 1 aliphatic rings. The first kappa shape index (κ1) is 24.8. The fourth-order valence-corrected chi connectivity index (χ4v) is 5.91. The Kier molecular flexibility index (Phi) is 6.08. The molecular weight excluding hydrogens is 481 g/mol. The van der Waals surface area contributed by atoms with Crippen LogP contribution in [0, 0.1) is 25.6 Å². The van der Waals surface area contributed by atoms with Crippen LogP contribution in [-0.2, 0) is 10.3 Å². The summed E-state index contributed by atoms with van der Waals surface area (Å²) in [6.45, 7) is 8.80. The minimum Gasteiger partial charge on any atom is -0.386 e. The lowest BCUT2D eigenvalue weighted by Crippen LogP contribution is -2.27. The summed E-state index contributed by atoms with van der Waals surface area (Å²) in [4.78, 5) is 4.86. The van der Waals surface area contributed by atoms with E-state index >= 15 is 0 Å². The van der Waals surface area contributed by atoms with Gasteiger partial charge in [0.15, 0.2) is 0 Å². The number of aromatic nitrogens is 3. The Morgan fingerprint density at radius 2 is 1.76 bits per heavy atom. The average Bonchev–Trinajstić information content (AvgIpc) is 3.41. The molecule has 196 valence electrons. The second kappa shape index (κ2) is 9.33. The number of fused-ring (bicyclic) bond motifs is 3. The van der Waals surface area contributed by atoms with E-state index in [2.05, 4.69) is 27.9 Å². The van der Waals surface area contributed by atoms with Crippen LogP contribution in [0.5, 0.6) is 0 Å². The van der Waals surface area contributed by atoms with Crippen LogP contribution in [0.25, 0.3) is 33.1 Å². The maximum atomic E-state index is 14.0. The molecule has 1 atom stereocenters. The maximum Gasteiger partial charge on any atom is 0.141 e. The molecule has 1 saturated heterocycles. The molecule has 2 aromatic carbocycles. The summed E-state index contributed by atoms with van der Waals surface area (Å²) < 4.78 is 27.6. The predicted molar refractivity (Wildman–Crippen MR) is 146 cm³/mol. The smallest absolute Gasteiger partial charge is 0.141 e. The number of aryl methyl sites for hydroxylation is 2. The zero-order chi connectivity index (χ0) is 26.6. The first-order valence-electron chi connectivity index (χ1n) is 13.2. The van der Waals surface area contributed by atoms with E-state index < -0.39 is 5.60 Å². The van der Waals surface area contributed by atoms with Crippen molar-refractivity contribution in [1.82, 2.24) is 14.7 Å². The van der Waals surface area contributed by atoms with Crippen molar-refractivity contribution in [2.45, 2.75) is 52.2 Å². The van der Waals surface area contributed by atoms with E-state index in [9.17, 15) is 9.50 Å². The summed E-state index contributed by atoms with van der Waals surface area (Å²) in [6.07, 6.45) is 3.55. The molecule has 3 aromatic heterocycles. The second-order valence-electron chi connectivity index (χ2n) is 10.9. The fraction of sp³-hybridized carbons (Fsp3) is 0.355. The molecule has 5 aromatic rings. The van der Waals surface area contributed by atoms with E-state index in [-0.39, 0.29) is 17.8 Å². The summed E-state index contributed by atoms with van der Waals surface area (Å²) >= 11 is 0. The molecule has 0 spiro atoms. The maximum absolute atomic E-state index is 14.0. The standard InChI is InChI=1S/C31H32FN3O3/c1-18-28(19(2)38-34-18)22-7-10-25-26(15-22)35(27-16-23(31(3,4)36)17-33-29(25)27)30(21-11-13-37-14-12-21)20-5-8-24(32)9-6-20/h5-10,15-17,21,30,36H,11-14H2,1-4H3. The third-order valence-electron chi connectivity index (χ3n) is 7.87. The minimum absolute atomic E-state index is 0.0710. The van der Waals surface area contributed by atoms with E-state index in [4.69, 9.17) is 14.2 Å². The lowest BCUT2D eigenvalue weighted by molar-refractivity contribution is 0.0552. The molecule has 7 heteroatoms. The quantitative estimate of drug-likeness (QED) is 0.278. The number of halogens is 1. The monoisotopic (exact) mass is 513 g/mol. The van der Waals surface area contributed by atoms with Crippen molar-refractivity contribution in [2.75, 3.05) is 13.2 Å². The molecule has 0 saturated carbocycles. The van der Waals surface area contributed by atoms with Gasteiger partial charge in [0.1, 0.15) is 11.6 Å². The van der Waals surface area contributed by atoms with Gasteiger partial charge in [-0.05, 0) is 81.8 Å². The molecule has 1 N–H and O–H groups in total. The van der Waals surface area contributed by atoms with Gasteiger partial charge in [-0.1, -0.05) is 29.4 Å². The third-order valence-corrected chi connectivity index (χ3v) is 7.87. The molecule has 0 aliphatic carbocycles. The number of pyridine rings is 1. The lowest BCUT2D eigenvalue weighted by atomic mass is 9.86. The van der Waals surface area contributed by atoms with Crippen LogP contribution < -0.4 is 0 Å². The van der Waals surface area contributed by atoms with E-state index in [1.807, 2.05) is 32.0 Å². The normalized spacial score (nSPS) is 15.9. The molecule has 6 rings (SSSR count). The van der Waals surface area contributed by atoms with Gasteiger partial charge < -0.3 is 18.9 Å². The molecule has 1 unspecified atom stereocenters. The van der Waals surface area contributed by atoms with Crippen LogP contribution in [0.3, 0.4) is 0 Å². The Morgan fingerprint density at radius 1 is 1.03 bits per heavy atom. The number of rotatable bonds is 5. The highest BCUT2D eigenvalue weighted by Crippen LogP contribution is 2.42. The van der Waals surface area contributed by atoms with Gasteiger partial charge in [-0.15, -0.1) is 0 Å². The Bertz CT molecular complexity index is 1600. The van der Waals surface area contributed by atoms with E-state index in [0.29, 0.717) is 13.2 Å². The van der Waals surface area contributed by atoms with Gasteiger partial charge in [-0.3, -0.25) is 4.98 Å². The highest BCUT2D eigenvalue weighted by molar-refractivity contribution is 6.07. The topological polar surface area (TPSA) is 73.3 Å². The zero-order valence-corrected chi connectivity index (χ0v) is 22.2. The van der Waals surface area contributed by atoms with Crippen molar-refractivity contribution < 1.29 is 18.8 Å². The molecule has 0 radical (unpaired) electrons. The van der Waals surface area contributed by atoms with Gasteiger partial charge in [0.2, 0.25) is 0 Å². The highest BCUT2D eigenvalue weighted by Gasteiger charge is 2.31. The molecule has 1 aliphatic heterocycles. The van der Waals surface area contributed by atoms with Crippen molar-refractivity contribution in [3.8, 4) is 11.1 Å². The first-order chi connectivity index (χ1) is 18.2. The van der Waals surface area contributed by atoms with Crippen molar-refractivity contribution in [1.29, 1.82) is 0 Å². The number of hydrogen-bond donors (Lipinski definition) is 1. The highest BCUT2D eigenvalue weighted by atomic mass is 19.1.